The number of carboxylic acid groups (broad SMARTS) is 1. The molecule has 5 nitrogen and oxygen atoms in total. The Kier molecular flexibility index (Phi) is 7.42. The summed E-state index contributed by atoms with van der Waals surface area (Å²) in [5.74, 6) is -1.36. The van der Waals surface area contributed by atoms with E-state index in [-0.39, 0.29) is 35.3 Å². The number of hydrogen-bond acceptors (Lipinski definition) is 2. The fraction of sp³-hybridized carbons (Fsp3) is 0.333. The molecule has 0 saturated carbocycles. The van der Waals surface area contributed by atoms with Crippen molar-refractivity contribution in [1.29, 1.82) is 0 Å². The molecule has 174 valence electrons. The third-order valence-corrected chi connectivity index (χ3v) is 4.66. The zero-order chi connectivity index (χ0) is 24.3. The maximum Gasteiger partial charge on any atom is 0.416 e. The number of rotatable bonds is 6. The molecule has 0 aromatic heterocycles. The second-order valence-corrected chi connectivity index (χ2v) is 6.93. The quantitative estimate of drug-likeness (QED) is 0.582. The van der Waals surface area contributed by atoms with E-state index in [0.29, 0.717) is 6.07 Å². The number of aliphatic carboxylic acids is 1. The molecule has 0 aliphatic rings. The molecule has 0 spiro atoms. The van der Waals surface area contributed by atoms with Gasteiger partial charge in [0.2, 0.25) is 0 Å². The van der Waals surface area contributed by atoms with Crippen LogP contribution in [0, 0.1) is 0 Å². The normalized spacial score (nSPS) is 11.9. The van der Waals surface area contributed by atoms with Gasteiger partial charge in [0.25, 0.3) is 0 Å². The van der Waals surface area contributed by atoms with Crippen molar-refractivity contribution in [2.75, 3.05) is 13.6 Å². The monoisotopic (exact) mass is 462 g/mol. The zero-order valence-corrected chi connectivity index (χ0v) is 17.1. The van der Waals surface area contributed by atoms with Gasteiger partial charge < -0.3 is 15.3 Å². The number of benzene rings is 2. The summed E-state index contributed by atoms with van der Waals surface area (Å²) >= 11 is 0. The molecule has 0 radical (unpaired) electrons. The van der Waals surface area contributed by atoms with Crippen LogP contribution in [0.5, 0.6) is 0 Å². The van der Waals surface area contributed by atoms with Crippen LogP contribution in [-0.2, 0) is 30.1 Å². The summed E-state index contributed by atoms with van der Waals surface area (Å²) in [5, 5.41) is 11.3. The molecule has 2 aromatic carbocycles. The van der Waals surface area contributed by atoms with Crippen LogP contribution in [0.1, 0.15) is 29.2 Å². The van der Waals surface area contributed by atoms with Crippen LogP contribution in [0.4, 0.5) is 31.1 Å². The highest BCUT2D eigenvalue weighted by molar-refractivity contribution is 5.76. The number of halogens is 6. The predicted octanol–water partition coefficient (Wildman–Crippen LogP) is 5.18. The number of carbonyl (C=O) groups is 2. The smallest absolute Gasteiger partial charge is 0.416 e. The van der Waals surface area contributed by atoms with Gasteiger partial charge in [-0.25, -0.2) is 4.79 Å². The Morgan fingerprint density at radius 2 is 1.59 bits per heavy atom. The van der Waals surface area contributed by atoms with E-state index in [1.54, 1.807) is 6.92 Å². The van der Waals surface area contributed by atoms with Crippen molar-refractivity contribution in [3.8, 4) is 11.1 Å². The van der Waals surface area contributed by atoms with Crippen LogP contribution in [0.25, 0.3) is 11.1 Å². The molecule has 32 heavy (non-hydrogen) atoms. The van der Waals surface area contributed by atoms with Crippen LogP contribution in [0.2, 0.25) is 0 Å². The molecule has 0 heterocycles. The van der Waals surface area contributed by atoms with Crippen molar-refractivity contribution in [3.05, 3.63) is 58.7 Å². The maximum atomic E-state index is 13.4. The molecule has 2 amide bonds. The topological polar surface area (TPSA) is 69.6 Å². The Balaban J connectivity index is 2.72. The van der Waals surface area contributed by atoms with Crippen LogP contribution >= 0.6 is 0 Å². The molecule has 0 unspecified atom stereocenters. The lowest BCUT2D eigenvalue weighted by atomic mass is 9.93. The highest BCUT2D eigenvalue weighted by Crippen LogP contribution is 2.37. The second kappa shape index (κ2) is 9.49. The van der Waals surface area contributed by atoms with Gasteiger partial charge in [-0.15, -0.1) is 0 Å². The van der Waals surface area contributed by atoms with E-state index >= 15 is 0 Å². The van der Waals surface area contributed by atoms with Crippen molar-refractivity contribution in [2.45, 2.75) is 32.2 Å². The van der Waals surface area contributed by atoms with Gasteiger partial charge >= 0.3 is 24.4 Å². The third-order valence-electron chi connectivity index (χ3n) is 4.66. The molecule has 0 saturated heterocycles. The number of nitrogens with zero attached hydrogens (tertiary/aromatic N) is 1. The lowest BCUT2D eigenvalue weighted by Gasteiger charge is -2.23. The lowest BCUT2D eigenvalue weighted by Crippen LogP contribution is -2.37. The number of nitrogens with one attached hydrogen (secondary N) is 1. The van der Waals surface area contributed by atoms with E-state index in [1.807, 2.05) is 0 Å². The fourth-order valence-electron chi connectivity index (χ4n) is 3.16. The predicted molar refractivity (Wildman–Crippen MR) is 104 cm³/mol. The molecule has 0 aliphatic heterocycles. The summed E-state index contributed by atoms with van der Waals surface area (Å²) in [4.78, 5) is 24.2. The molecule has 2 aromatic rings. The highest BCUT2D eigenvalue weighted by Gasteiger charge is 2.33. The average Bonchev–Trinajstić information content (AvgIpc) is 2.69. The van der Waals surface area contributed by atoms with Gasteiger partial charge in [0.15, 0.2) is 0 Å². The minimum absolute atomic E-state index is 0.0260. The Bertz CT molecular complexity index is 1000. The number of carboxylic acids is 1. The van der Waals surface area contributed by atoms with Crippen molar-refractivity contribution in [3.63, 3.8) is 0 Å². The first-order valence-corrected chi connectivity index (χ1v) is 9.36. The Labute approximate surface area is 179 Å². The van der Waals surface area contributed by atoms with Crippen LogP contribution in [-0.4, -0.2) is 35.6 Å². The lowest BCUT2D eigenvalue weighted by molar-refractivity contribution is -0.138. The summed E-state index contributed by atoms with van der Waals surface area (Å²) in [6, 6.07) is 4.57. The van der Waals surface area contributed by atoms with Crippen molar-refractivity contribution in [1.82, 2.24) is 10.2 Å². The van der Waals surface area contributed by atoms with Crippen LogP contribution in [0.3, 0.4) is 0 Å². The SMILES string of the molecule is CCN(Cc1cc(C(F)(F)F)ccc1-c1cc(CC(=O)O)cc(C(F)(F)F)c1)C(=O)NC. The van der Waals surface area contributed by atoms with Crippen molar-refractivity contribution in [2.24, 2.45) is 0 Å². The fourth-order valence-corrected chi connectivity index (χ4v) is 3.16. The van der Waals surface area contributed by atoms with Gasteiger partial charge in [0.05, 0.1) is 17.5 Å². The van der Waals surface area contributed by atoms with E-state index in [2.05, 4.69) is 5.32 Å². The molecule has 0 aliphatic carbocycles. The molecule has 2 N–H and O–H groups in total. The number of carbonyl (C=O) groups excluding carboxylic acids is 1. The average molecular weight is 462 g/mol. The van der Waals surface area contributed by atoms with Crippen molar-refractivity contribution >= 4 is 12.0 Å². The van der Waals surface area contributed by atoms with Gasteiger partial charge in [0, 0.05) is 20.1 Å². The molecule has 0 fully saturated rings. The molecule has 2 rings (SSSR count). The number of hydrogen-bond donors (Lipinski definition) is 2. The largest absolute Gasteiger partial charge is 0.481 e. The minimum Gasteiger partial charge on any atom is -0.481 e. The Hall–Kier alpha value is -3.24. The van der Waals surface area contributed by atoms with Crippen LogP contribution < -0.4 is 5.32 Å². The number of alkyl halides is 6. The molecular weight excluding hydrogens is 442 g/mol. The zero-order valence-electron chi connectivity index (χ0n) is 17.1. The first kappa shape index (κ1) is 25.0. The van der Waals surface area contributed by atoms with Crippen LogP contribution in [0.15, 0.2) is 36.4 Å². The van der Waals surface area contributed by atoms with E-state index in [9.17, 15) is 35.9 Å². The van der Waals surface area contributed by atoms with Gasteiger partial charge in [-0.3, -0.25) is 4.79 Å². The highest BCUT2D eigenvalue weighted by atomic mass is 19.4. The van der Waals surface area contributed by atoms with E-state index < -0.39 is 41.9 Å². The van der Waals surface area contributed by atoms with E-state index in [4.69, 9.17) is 5.11 Å². The minimum atomic E-state index is -4.80. The van der Waals surface area contributed by atoms with Gasteiger partial charge in [-0.05, 0) is 53.4 Å². The summed E-state index contributed by atoms with van der Waals surface area (Å²) in [6.07, 6.45) is -10.2. The number of amides is 2. The van der Waals surface area contributed by atoms with E-state index in [0.717, 1.165) is 24.3 Å². The Morgan fingerprint density at radius 3 is 2.09 bits per heavy atom. The molecule has 0 bridgehead atoms. The first-order valence-electron chi connectivity index (χ1n) is 9.36. The third kappa shape index (κ3) is 6.14. The molecular formula is C21H20F6N2O3. The standard InChI is InChI=1S/C21H20F6N2O3/c1-3-29(19(32)28-2)11-14-10-15(20(22,23)24)4-5-17(14)13-6-12(8-18(30)31)7-16(9-13)21(25,26)27/h4-7,9-10H,3,8,11H2,1-2H3,(H,28,32)(H,30,31). The molecule has 11 heteroatoms. The van der Waals surface area contributed by atoms with Gasteiger partial charge in [-0.2, -0.15) is 26.3 Å². The number of urea groups is 1. The van der Waals surface area contributed by atoms with Crippen molar-refractivity contribution < 1.29 is 41.0 Å². The summed E-state index contributed by atoms with van der Waals surface area (Å²) in [6.45, 7) is 1.42. The Morgan fingerprint density at radius 1 is 0.969 bits per heavy atom. The summed E-state index contributed by atoms with van der Waals surface area (Å²) in [5.41, 5.74) is -2.43. The van der Waals surface area contributed by atoms with E-state index in [1.165, 1.54) is 18.0 Å². The molecule has 0 atom stereocenters. The first-order chi connectivity index (χ1) is 14.8. The van der Waals surface area contributed by atoms with Gasteiger partial charge in [-0.1, -0.05) is 12.1 Å². The van der Waals surface area contributed by atoms with Gasteiger partial charge in [0.1, 0.15) is 0 Å². The summed E-state index contributed by atoms with van der Waals surface area (Å²) in [7, 11) is 1.34. The summed E-state index contributed by atoms with van der Waals surface area (Å²) < 4.78 is 79.9. The second-order valence-electron chi connectivity index (χ2n) is 6.93. The maximum absolute atomic E-state index is 13.4.